The van der Waals surface area contributed by atoms with Crippen LogP contribution in [-0.2, 0) is 6.54 Å². The fraction of sp³-hybridized carbons (Fsp3) is 0.381. The highest BCUT2D eigenvalue weighted by atomic mass is 16.3. The van der Waals surface area contributed by atoms with Crippen LogP contribution in [0.5, 0.6) is 0 Å². The van der Waals surface area contributed by atoms with E-state index in [0.29, 0.717) is 17.8 Å². The Kier molecular flexibility index (Phi) is 5.25. The third-order valence-corrected chi connectivity index (χ3v) is 5.71. The lowest BCUT2D eigenvalue weighted by molar-refractivity contribution is 0.102. The van der Waals surface area contributed by atoms with Crippen LogP contribution < -0.4 is 10.6 Å². The molecular formula is C21H24N4O3. The van der Waals surface area contributed by atoms with E-state index in [9.17, 15) is 14.7 Å². The highest BCUT2D eigenvalue weighted by molar-refractivity contribution is 6.04. The van der Waals surface area contributed by atoms with Gasteiger partial charge in [-0.1, -0.05) is 12.1 Å². The monoisotopic (exact) mass is 380 g/mol. The van der Waals surface area contributed by atoms with Crippen LogP contribution in [0.1, 0.15) is 35.2 Å². The number of aliphatic hydroxyl groups excluding tert-OH is 1. The summed E-state index contributed by atoms with van der Waals surface area (Å²) >= 11 is 0. The minimum absolute atomic E-state index is 0.0580. The molecule has 0 aliphatic carbocycles. The SMILES string of the molecule is O=C(Nc1ccc(CNC(=O)N2C3CCC2C(CO)C3)cc1)c1cccnc1. The normalized spacial score (nSPS) is 22.9. The molecule has 3 unspecified atom stereocenters. The highest BCUT2D eigenvalue weighted by Gasteiger charge is 2.47. The molecule has 2 bridgehead atoms. The molecule has 0 saturated carbocycles. The second kappa shape index (κ2) is 7.98. The minimum atomic E-state index is -0.211. The summed E-state index contributed by atoms with van der Waals surface area (Å²) in [7, 11) is 0. The van der Waals surface area contributed by atoms with Gasteiger partial charge in [0.25, 0.3) is 5.91 Å². The third-order valence-electron chi connectivity index (χ3n) is 5.71. The second-order valence-corrected chi connectivity index (χ2v) is 7.44. The number of hydrogen-bond donors (Lipinski definition) is 3. The van der Waals surface area contributed by atoms with Crippen molar-refractivity contribution in [1.82, 2.24) is 15.2 Å². The van der Waals surface area contributed by atoms with Crippen molar-refractivity contribution in [3.8, 4) is 0 Å². The van der Waals surface area contributed by atoms with Crippen molar-refractivity contribution in [3.63, 3.8) is 0 Å². The van der Waals surface area contributed by atoms with Crippen LogP contribution in [0.3, 0.4) is 0 Å². The zero-order valence-electron chi connectivity index (χ0n) is 15.5. The van der Waals surface area contributed by atoms with Crippen molar-refractivity contribution in [3.05, 3.63) is 59.9 Å². The number of carbonyl (C=O) groups is 2. The topological polar surface area (TPSA) is 94.6 Å². The molecule has 1 aromatic carbocycles. The fourth-order valence-electron chi connectivity index (χ4n) is 4.30. The number of fused-ring (bicyclic) bond motifs is 2. The zero-order chi connectivity index (χ0) is 19.5. The Hall–Kier alpha value is -2.93. The second-order valence-electron chi connectivity index (χ2n) is 7.44. The maximum Gasteiger partial charge on any atom is 0.318 e. The van der Waals surface area contributed by atoms with Crippen LogP contribution in [-0.4, -0.2) is 45.6 Å². The Balaban J connectivity index is 1.30. The predicted octanol–water partition coefficient (Wildman–Crippen LogP) is 2.39. The van der Waals surface area contributed by atoms with E-state index in [1.807, 2.05) is 29.2 Å². The van der Waals surface area contributed by atoms with Gasteiger partial charge < -0.3 is 20.6 Å². The Bertz CT molecular complexity index is 840. The molecule has 7 heteroatoms. The molecule has 3 heterocycles. The maximum atomic E-state index is 12.6. The molecule has 4 rings (SSSR count). The summed E-state index contributed by atoms with van der Waals surface area (Å²) in [6, 6.07) is 11.2. The summed E-state index contributed by atoms with van der Waals surface area (Å²) in [6.07, 6.45) is 6.05. The number of nitrogens with zero attached hydrogens (tertiary/aromatic N) is 2. The van der Waals surface area contributed by atoms with Crippen LogP contribution in [0, 0.1) is 5.92 Å². The molecule has 0 spiro atoms. The van der Waals surface area contributed by atoms with Gasteiger partial charge in [0.2, 0.25) is 0 Å². The van der Waals surface area contributed by atoms with Crippen LogP contribution in [0.4, 0.5) is 10.5 Å². The smallest absolute Gasteiger partial charge is 0.318 e. The van der Waals surface area contributed by atoms with E-state index in [-0.39, 0.29) is 36.5 Å². The van der Waals surface area contributed by atoms with Gasteiger partial charge in [0.1, 0.15) is 0 Å². The molecule has 3 atom stereocenters. The summed E-state index contributed by atoms with van der Waals surface area (Å²) in [5.74, 6) is 0.00399. The largest absolute Gasteiger partial charge is 0.396 e. The molecule has 2 fully saturated rings. The van der Waals surface area contributed by atoms with E-state index >= 15 is 0 Å². The van der Waals surface area contributed by atoms with Gasteiger partial charge in [-0.15, -0.1) is 0 Å². The quantitative estimate of drug-likeness (QED) is 0.742. The number of carbonyl (C=O) groups excluding carboxylic acids is 2. The van der Waals surface area contributed by atoms with Gasteiger partial charge >= 0.3 is 6.03 Å². The highest BCUT2D eigenvalue weighted by Crippen LogP contribution is 2.41. The van der Waals surface area contributed by atoms with Crippen molar-refractivity contribution in [1.29, 1.82) is 0 Å². The standard InChI is InChI=1S/C21H24N4O3/c26-13-16-10-18-7-8-19(16)25(18)21(28)23-11-14-3-5-17(6-4-14)24-20(27)15-2-1-9-22-12-15/h1-6,9,12,16,18-19,26H,7-8,10-11,13H2,(H,23,28)(H,24,27). The summed E-state index contributed by atoms with van der Waals surface area (Å²) in [6.45, 7) is 0.576. The summed E-state index contributed by atoms with van der Waals surface area (Å²) < 4.78 is 0. The lowest BCUT2D eigenvalue weighted by Crippen LogP contribution is -2.43. The van der Waals surface area contributed by atoms with Gasteiger partial charge in [0, 0.05) is 49.2 Å². The molecule has 2 aliphatic heterocycles. The van der Waals surface area contributed by atoms with Crippen LogP contribution >= 0.6 is 0 Å². The first-order valence-corrected chi connectivity index (χ1v) is 9.63. The molecule has 2 saturated heterocycles. The molecule has 146 valence electrons. The Morgan fingerprint density at radius 3 is 2.68 bits per heavy atom. The van der Waals surface area contributed by atoms with Crippen molar-refractivity contribution in [2.75, 3.05) is 11.9 Å². The van der Waals surface area contributed by atoms with Crippen molar-refractivity contribution in [2.45, 2.75) is 37.9 Å². The number of benzene rings is 1. The molecular weight excluding hydrogens is 356 g/mol. The average molecular weight is 380 g/mol. The Morgan fingerprint density at radius 2 is 2.00 bits per heavy atom. The van der Waals surface area contributed by atoms with Gasteiger partial charge in [0.05, 0.1) is 5.56 Å². The molecule has 28 heavy (non-hydrogen) atoms. The number of urea groups is 1. The van der Waals surface area contributed by atoms with E-state index in [0.717, 1.165) is 24.8 Å². The number of amides is 3. The lowest BCUT2D eigenvalue weighted by Gasteiger charge is -2.24. The minimum Gasteiger partial charge on any atom is -0.396 e. The number of aliphatic hydroxyl groups is 1. The molecule has 2 aliphatic rings. The van der Waals surface area contributed by atoms with Crippen LogP contribution in [0.2, 0.25) is 0 Å². The summed E-state index contributed by atoms with van der Waals surface area (Å²) in [4.78, 5) is 30.6. The summed E-state index contributed by atoms with van der Waals surface area (Å²) in [5, 5.41) is 15.3. The number of anilines is 1. The molecule has 3 N–H and O–H groups in total. The van der Waals surface area contributed by atoms with E-state index in [1.165, 1.54) is 6.20 Å². The Labute approximate surface area is 163 Å². The van der Waals surface area contributed by atoms with E-state index in [2.05, 4.69) is 15.6 Å². The van der Waals surface area contributed by atoms with Gasteiger partial charge in [-0.3, -0.25) is 9.78 Å². The molecule has 3 amide bonds. The maximum absolute atomic E-state index is 12.6. The lowest BCUT2D eigenvalue weighted by atomic mass is 9.90. The van der Waals surface area contributed by atoms with Crippen LogP contribution in [0.25, 0.3) is 0 Å². The number of nitrogens with one attached hydrogen (secondary N) is 2. The molecule has 1 aromatic heterocycles. The first kappa shape index (κ1) is 18.4. The van der Waals surface area contributed by atoms with Crippen molar-refractivity contribution >= 4 is 17.6 Å². The first-order chi connectivity index (χ1) is 13.7. The van der Waals surface area contributed by atoms with Crippen molar-refractivity contribution < 1.29 is 14.7 Å². The predicted molar refractivity (Wildman–Crippen MR) is 105 cm³/mol. The van der Waals surface area contributed by atoms with Gasteiger partial charge in [-0.05, 0) is 49.1 Å². The third kappa shape index (κ3) is 3.71. The van der Waals surface area contributed by atoms with Crippen LogP contribution in [0.15, 0.2) is 48.8 Å². The van der Waals surface area contributed by atoms with E-state index < -0.39 is 0 Å². The van der Waals surface area contributed by atoms with Gasteiger partial charge in [0.15, 0.2) is 0 Å². The first-order valence-electron chi connectivity index (χ1n) is 9.63. The average Bonchev–Trinajstić information content (AvgIpc) is 3.31. The van der Waals surface area contributed by atoms with E-state index in [4.69, 9.17) is 0 Å². The molecule has 7 nitrogen and oxygen atoms in total. The van der Waals surface area contributed by atoms with E-state index in [1.54, 1.807) is 18.3 Å². The molecule has 2 aromatic rings. The van der Waals surface area contributed by atoms with Gasteiger partial charge in [-0.25, -0.2) is 4.79 Å². The fourth-order valence-corrected chi connectivity index (χ4v) is 4.30. The zero-order valence-corrected chi connectivity index (χ0v) is 15.5. The van der Waals surface area contributed by atoms with Crippen molar-refractivity contribution in [2.24, 2.45) is 5.92 Å². The van der Waals surface area contributed by atoms with Gasteiger partial charge in [-0.2, -0.15) is 0 Å². The number of hydrogen-bond acceptors (Lipinski definition) is 4. The Morgan fingerprint density at radius 1 is 1.18 bits per heavy atom. The molecule has 0 radical (unpaired) electrons. The number of pyridine rings is 1. The number of aromatic nitrogens is 1. The summed E-state index contributed by atoms with van der Waals surface area (Å²) in [5.41, 5.74) is 2.14. The number of rotatable bonds is 5.